The Morgan fingerprint density at radius 2 is 2.08 bits per heavy atom. The van der Waals surface area contributed by atoms with Crippen molar-refractivity contribution in [1.29, 1.82) is 0 Å². The van der Waals surface area contributed by atoms with E-state index in [1.165, 1.54) is 22.9 Å². The third-order valence-corrected chi connectivity index (χ3v) is 3.97. The van der Waals surface area contributed by atoms with Gasteiger partial charge in [-0.3, -0.25) is 9.59 Å². The molecule has 0 bridgehead atoms. The predicted octanol–water partition coefficient (Wildman–Crippen LogP) is 0.547. The van der Waals surface area contributed by atoms with Crippen LogP contribution in [-0.2, 0) is 18.3 Å². The van der Waals surface area contributed by atoms with Gasteiger partial charge in [0.1, 0.15) is 5.82 Å². The Bertz CT molecular complexity index is 781. The van der Waals surface area contributed by atoms with E-state index in [1.54, 1.807) is 13.2 Å². The third kappa shape index (κ3) is 3.62. The van der Waals surface area contributed by atoms with Gasteiger partial charge >= 0.3 is 0 Å². The summed E-state index contributed by atoms with van der Waals surface area (Å²) in [4.78, 5) is 30.3. The summed E-state index contributed by atoms with van der Waals surface area (Å²) in [6.07, 6.45) is 3.28. The van der Waals surface area contributed by atoms with Crippen molar-refractivity contribution in [2.24, 2.45) is 7.05 Å². The van der Waals surface area contributed by atoms with Crippen molar-refractivity contribution >= 4 is 11.7 Å². The molecule has 0 aromatic carbocycles. The summed E-state index contributed by atoms with van der Waals surface area (Å²) in [6, 6.07) is 6.73. The molecule has 0 atom stereocenters. The van der Waals surface area contributed by atoms with Crippen molar-refractivity contribution in [3.05, 3.63) is 58.1 Å². The standard InChI is InChI=1S/C17H20N4O3/c1-20-12-14(4-5-15(20)22)17(23)19-11-13-3-2-6-18-16(13)21-7-9-24-10-8-21/h2-6,12H,7-11H2,1H3,(H,19,23). The van der Waals surface area contributed by atoms with Crippen LogP contribution in [0.3, 0.4) is 0 Å². The molecule has 3 rings (SSSR count). The van der Waals surface area contributed by atoms with E-state index >= 15 is 0 Å². The Kier molecular flexibility index (Phi) is 4.90. The maximum absolute atomic E-state index is 12.3. The van der Waals surface area contributed by atoms with Gasteiger partial charge in [0.2, 0.25) is 5.56 Å². The zero-order valence-corrected chi connectivity index (χ0v) is 13.6. The number of nitrogens with one attached hydrogen (secondary N) is 1. The molecule has 3 heterocycles. The van der Waals surface area contributed by atoms with Gasteiger partial charge < -0.3 is 19.5 Å². The summed E-state index contributed by atoms with van der Waals surface area (Å²) in [5.41, 5.74) is 1.26. The number of carbonyl (C=O) groups excluding carboxylic acids is 1. The molecule has 0 unspecified atom stereocenters. The quantitative estimate of drug-likeness (QED) is 0.887. The fourth-order valence-corrected chi connectivity index (χ4v) is 2.63. The second kappa shape index (κ2) is 7.27. The first-order valence-electron chi connectivity index (χ1n) is 7.86. The molecule has 24 heavy (non-hydrogen) atoms. The zero-order valence-electron chi connectivity index (χ0n) is 13.6. The number of aromatic nitrogens is 2. The smallest absolute Gasteiger partial charge is 0.253 e. The SMILES string of the molecule is Cn1cc(C(=O)NCc2cccnc2N2CCOCC2)ccc1=O. The van der Waals surface area contributed by atoms with Gasteiger partial charge in [-0.15, -0.1) is 0 Å². The number of ether oxygens (including phenoxy) is 1. The molecule has 1 aliphatic rings. The summed E-state index contributed by atoms with van der Waals surface area (Å²) in [6.45, 7) is 3.32. The van der Waals surface area contributed by atoms with Crippen molar-refractivity contribution in [3.63, 3.8) is 0 Å². The Hall–Kier alpha value is -2.67. The molecule has 1 amide bonds. The zero-order chi connectivity index (χ0) is 16.9. The predicted molar refractivity (Wildman–Crippen MR) is 90.1 cm³/mol. The number of pyridine rings is 2. The largest absolute Gasteiger partial charge is 0.378 e. The number of hydrogen-bond acceptors (Lipinski definition) is 5. The highest BCUT2D eigenvalue weighted by Gasteiger charge is 2.16. The molecular weight excluding hydrogens is 308 g/mol. The number of rotatable bonds is 4. The molecule has 1 saturated heterocycles. The van der Waals surface area contributed by atoms with Crippen LogP contribution in [-0.4, -0.2) is 41.8 Å². The molecule has 1 N–H and O–H groups in total. The van der Waals surface area contributed by atoms with E-state index in [4.69, 9.17) is 4.74 Å². The molecule has 7 nitrogen and oxygen atoms in total. The van der Waals surface area contributed by atoms with Crippen LogP contribution >= 0.6 is 0 Å². The fraction of sp³-hybridized carbons (Fsp3) is 0.353. The molecule has 0 saturated carbocycles. The minimum absolute atomic E-state index is 0.145. The first kappa shape index (κ1) is 16.2. The highest BCUT2D eigenvalue weighted by Crippen LogP contribution is 2.18. The molecule has 2 aromatic rings. The molecule has 0 spiro atoms. The van der Waals surface area contributed by atoms with Crippen LogP contribution in [0.25, 0.3) is 0 Å². The minimum atomic E-state index is -0.220. The number of hydrogen-bond donors (Lipinski definition) is 1. The van der Waals surface area contributed by atoms with Gasteiger partial charge in [-0.25, -0.2) is 4.98 Å². The highest BCUT2D eigenvalue weighted by molar-refractivity contribution is 5.93. The van der Waals surface area contributed by atoms with E-state index in [0.29, 0.717) is 25.3 Å². The van der Waals surface area contributed by atoms with Crippen molar-refractivity contribution < 1.29 is 9.53 Å². The monoisotopic (exact) mass is 328 g/mol. The van der Waals surface area contributed by atoms with Crippen LogP contribution in [0.2, 0.25) is 0 Å². The van der Waals surface area contributed by atoms with E-state index in [9.17, 15) is 9.59 Å². The summed E-state index contributed by atoms with van der Waals surface area (Å²) < 4.78 is 6.76. The van der Waals surface area contributed by atoms with E-state index in [-0.39, 0.29) is 11.5 Å². The maximum atomic E-state index is 12.3. The molecule has 1 aliphatic heterocycles. The normalized spacial score (nSPS) is 14.5. The second-order valence-corrected chi connectivity index (χ2v) is 5.64. The van der Waals surface area contributed by atoms with E-state index in [0.717, 1.165) is 24.5 Å². The number of aryl methyl sites for hydroxylation is 1. The van der Waals surface area contributed by atoms with E-state index < -0.39 is 0 Å². The van der Waals surface area contributed by atoms with Crippen molar-refractivity contribution in [3.8, 4) is 0 Å². The Morgan fingerprint density at radius 1 is 1.29 bits per heavy atom. The average molecular weight is 328 g/mol. The number of amides is 1. The summed E-state index contributed by atoms with van der Waals surface area (Å²) in [7, 11) is 1.62. The molecule has 7 heteroatoms. The third-order valence-electron chi connectivity index (χ3n) is 3.97. The lowest BCUT2D eigenvalue weighted by atomic mass is 10.2. The average Bonchev–Trinajstić information content (AvgIpc) is 2.63. The van der Waals surface area contributed by atoms with Gasteiger partial charge in [0.25, 0.3) is 5.91 Å². The van der Waals surface area contributed by atoms with Crippen LogP contribution in [0, 0.1) is 0 Å². The Balaban J connectivity index is 1.71. The minimum Gasteiger partial charge on any atom is -0.378 e. The van der Waals surface area contributed by atoms with Crippen molar-refractivity contribution in [2.75, 3.05) is 31.2 Å². The van der Waals surface area contributed by atoms with Crippen LogP contribution < -0.4 is 15.8 Å². The topological polar surface area (TPSA) is 76.5 Å². The molecular formula is C17H20N4O3. The lowest BCUT2D eigenvalue weighted by Gasteiger charge is -2.29. The Labute approximate surface area is 139 Å². The lowest BCUT2D eigenvalue weighted by Crippen LogP contribution is -2.37. The molecule has 0 radical (unpaired) electrons. The fourth-order valence-electron chi connectivity index (χ4n) is 2.63. The van der Waals surface area contributed by atoms with Gasteiger partial charge in [0, 0.05) is 50.7 Å². The molecule has 126 valence electrons. The summed E-state index contributed by atoms with van der Waals surface area (Å²) in [5.74, 6) is 0.656. The van der Waals surface area contributed by atoms with Crippen molar-refractivity contribution in [2.45, 2.75) is 6.54 Å². The Morgan fingerprint density at radius 3 is 2.83 bits per heavy atom. The second-order valence-electron chi connectivity index (χ2n) is 5.64. The lowest BCUT2D eigenvalue weighted by molar-refractivity contribution is 0.0950. The van der Waals surface area contributed by atoms with E-state index in [2.05, 4.69) is 15.2 Å². The number of carbonyl (C=O) groups is 1. The molecule has 1 fully saturated rings. The van der Waals surface area contributed by atoms with Crippen LogP contribution in [0.1, 0.15) is 15.9 Å². The van der Waals surface area contributed by atoms with Gasteiger partial charge in [-0.1, -0.05) is 6.07 Å². The summed E-state index contributed by atoms with van der Waals surface area (Å²) in [5, 5.41) is 2.89. The first-order chi connectivity index (χ1) is 11.6. The first-order valence-corrected chi connectivity index (χ1v) is 7.86. The highest BCUT2D eigenvalue weighted by atomic mass is 16.5. The van der Waals surface area contributed by atoms with Gasteiger partial charge in [-0.05, 0) is 12.1 Å². The molecule has 0 aliphatic carbocycles. The van der Waals surface area contributed by atoms with Crippen LogP contribution in [0.5, 0.6) is 0 Å². The van der Waals surface area contributed by atoms with Crippen LogP contribution in [0.4, 0.5) is 5.82 Å². The molecule has 2 aromatic heterocycles. The van der Waals surface area contributed by atoms with Crippen molar-refractivity contribution in [1.82, 2.24) is 14.9 Å². The van der Waals surface area contributed by atoms with Gasteiger partial charge in [-0.2, -0.15) is 0 Å². The number of morpholine rings is 1. The van der Waals surface area contributed by atoms with Gasteiger partial charge in [0.05, 0.1) is 18.8 Å². The van der Waals surface area contributed by atoms with Gasteiger partial charge in [0.15, 0.2) is 0 Å². The number of anilines is 1. The summed E-state index contributed by atoms with van der Waals surface area (Å²) >= 11 is 0. The van der Waals surface area contributed by atoms with E-state index in [1.807, 2.05) is 12.1 Å². The van der Waals surface area contributed by atoms with Crippen LogP contribution in [0.15, 0.2) is 41.5 Å². The maximum Gasteiger partial charge on any atom is 0.253 e. The number of nitrogens with zero attached hydrogens (tertiary/aromatic N) is 3.